The summed E-state index contributed by atoms with van der Waals surface area (Å²) in [6, 6.07) is 1.65. The lowest BCUT2D eigenvalue weighted by atomic mass is 10.3. The minimum atomic E-state index is -3.51. The molecule has 0 aliphatic rings. The molecule has 1 aromatic rings. The Morgan fingerprint density at radius 1 is 1.35 bits per heavy atom. The summed E-state index contributed by atoms with van der Waals surface area (Å²) in [5.74, 6) is 0. The number of hydrogen-bond acceptors (Lipinski definition) is 4. The largest absolute Gasteiger partial charge is 0.383 e. The predicted octanol–water partition coefficient (Wildman–Crippen LogP) is 1.10. The van der Waals surface area contributed by atoms with Crippen molar-refractivity contribution in [1.29, 1.82) is 0 Å². The minimum Gasteiger partial charge on any atom is -0.383 e. The summed E-state index contributed by atoms with van der Waals surface area (Å²) in [6.45, 7) is 6.79. The molecular formula is C13H25N3O3S. The first-order valence-corrected chi connectivity index (χ1v) is 8.16. The van der Waals surface area contributed by atoms with Crippen LogP contribution in [0.1, 0.15) is 32.5 Å². The molecule has 20 heavy (non-hydrogen) atoms. The molecule has 6 nitrogen and oxygen atoms in total. The molecule has 2 N–H and O–H groups in total. The van der Waals surface area contributed by atoms with Crippen LogP contribution >= 0.6 is 0 Å². The molecule has 7 heteroatoms. The number of methoxy groups -OCH3 is 1. The smallest absolute Gasteiger partial charge is 0.242 e. The van der Waals surface area contributed by atoms with Gasteiger partial charge in [-0.15, -0.1) is 0 Å². The van der Waals surface area contributed by atoms with Gasteiger partial charge in [-0.05, 0) is 33.9 Å². The van der Waals surface area contributed by atoms with E-state index < -0.39 is 10.0 Å². The predicted molar refractivity (Wildman–Crippen MR) is 79.2 cm³/mol. The van der Waals surface area contributed by atoms with Crippen molar-refractivity contribution < 1.29 is 13.2 Å². The maximum Gasteiger partial charge on any atom is 0.242 e. The summed E-state index contributed by atoms with van der Waals surface area (Å²) >= 11 is 0. The van der Waals surface area contributed by atoms with Crippen molar-refractivity contribution >= 4 is 10.0 Å². The molecule has 0 aliphatic heterocycles. The van der Waals surface area contributed by atoms with Crippen LogP contribution in [0.3, 0.4) is 0 Å². The average molecular weight is 303 g/mol. The lowest BCUT2D eigenvalue weighted by Crippen LogP contribution is -2.35. The highest BCUT2D eigenvalue weighted by Gasteiger charge is 2.21. The normalized spacial score (nSPS) is 13.9. The zero-order chi connectivity index (χ0) is 15.3. The van der Waals surface area contributed by atoms with E-state index in [1.807, 2.05) is 25.5 Å². The second-order valence-electron chi connectivity index (χ2n) is 5.18. The Hall–Kier alpha value is -0.890. The van der Waals surface area contributed by atoms with Gasteiger partial charge in [0, 0.05) is 37.6 Å². The van der Waals surface area contributed by atoms with E-state index in [1.54, 1.807) is 26.3 Å². The van der Waals surface area contributed by atoms with Crippen molar-refractivity contribution in [3.63, 3.8) is 0 Å². The number of nitrogens with one attached hydrogen (secondary N) is 2. The molecule has 0 bridgehead atoms. The summed E-state index contributed by atoms with van der Waals surface area (Å²) in [7, 11) is -0.129. The van der Waals surface area contributed by atoms with E-state index in [-0.39, 0.29) is 12.1 Å². The Labute approximate surface area is 121 Å². The van der Waals surface area contributed by atoms with Crippen molar-refractivity contribution in [1.82, 2.24) is 14.6 Å². The number of sulfonamides is 1. The topological polar surface area (TPSA) is 72.4 Å². The Morgan fingerprint density at radius 3 is 2.50 bits per heavy atom. The summed E-state index contributed by atoms with van der Waals surface area (Å²) < 4.78 is 34.1. The van der Waals surface area contributed by atoms with Crippen molar-refractivity contribution in [3.05, 3.63) is 18.0 Å². The molecule has 0 spiro atoms. The van der Waals surface area contributed by atoms with Gasteiger partial charge in [-0.3, -0.25) is 0 Å². The van der Waals surface area contributed by atoms with Crippen LogP contribution < -0.4 is 10.0 Å². The van der Waals surface area contributed by atoms with Crippen LogP contribution in [0.4, 0.5) is 0 Å². The fraction of sp³-hybridized carbons (Fsp3) is 0.692. The van der Waals surface area contributed by atoms with E-state index in [0.29, 0.717) is 18.0 Å². The maximum absolute atomic E-state index is 12.3. The molecule has 1 unspecified atom stereocenters. The summed E-state index contributed by atoms with van der Waals surface area (Å²) in [6.07, 6.45) is 1.68. The van der Waals surface area contributed by atoms with Gasteiger partial charge in [0.2, 0.25) is 10.0 Å². The number of aromatic nitrogens is 1. The molecule has 1 atom stereocenters. The third-order valence-electron chi connectivity index (χ3n) is 2.90. The molecule has 1 rings (SSSR count). The number of nitrogens with zero attached hydrogens (tertiary/aromatic N) is 1. The second kappa shape index (κ2) is 7.21. The Morgan fingerprint density at radius 2 is 2.00 bits per heavy atom. The van der Waals surface area contributed by atoms with Gasteiger partial charge >= 0.3 is 0 Å². The third kappa shape index (κ3) is 4.31. The molecule has 0 aliphatic carbocycles. The highest BCUT2D eigenvalue weighted by Crippen LogP contribution is 2.19. The first kappa shape index (κ1) is 17.2. The van der Waals surface area contributed by atoms with Gasteiger partial charge in [-0.25, -0.2) is 13.1 Å². The van der Waals surface area contributed by atoms with Crippen molar-refractivity contribution in [2.45, 2.75) is 44.3 Å². The monoisotopic (exact) mass is 303 g/mol. The van der Waals surface area contributed by atoms with Gasteiger partial charge in [0.15, 0.2) is 0 Å². The standard InChI is InChI=1S/C13H25N3O3S/c1-10(2)16-8-13(6-12(16)7-14-4)20(17,18)15-11(3)9-19-5/h6,8,10-11,14-15H,7,9H2,1-5H3. The number of rotatable bonds is 8. The SMILES string of the molecule is CNCc1cc(S(=O)(=O)NC(C)COC)cn1C(C)C. The molecule has 0 saturated heterocycles. The van der Waals surface area contributed by atoms with E-state index >= 15 is 0 Å². The van der Waals surface area contributed by atoms with Gasteiger partial charge in [0.05, 0.1) is 11.5 Å². The molecule has 0 saturated carbocycles. The first-order valence-electron chi connectivity index (χ1n) is 6.68. The van der Waals surface area contributed by atoms with Crippen LogP contribution in [-0.4, -0.2) is 39.8 Å². The van der Waals surface area contributed by atoms with Crippen molar-refractivity contribution in [3.8, 4) is 0 Å². The molecular weight excluding hydrogens is 278 g/mol. The Balaban J connectivity index is 3.03. The van der Waals surface area contributed by atoms with E-state index in [2.05, 4.69) is 10.0 Å². The van der Waals surface area contributed by atoms with E-state index in [4.69, 9.17) is 4.74 Å². The van der Waals surface area contributed by atoms with E-state index in [0.717, 1.165) is 5.69 Å². The van der Waals surface area contributed by atoms with Gasteiger partial charge < -0.3 is 14.6 Å². The molecule has 0 amide bonds. The minimum absolute atomic E-state index is 0.207. The summed E-state index contributed by atoms with van der Waals surface area (Å²) in [4.78, 5) is 0.291. The Bertz CT molecular complexity index is 523. The molecule has 1 aromatic heterocycles. The Kier molecular flexibility index (Phi) is 6.19. The molecule has 116 valence electrons. The van der Waals surface area contributed by atoms with Crippen LogP contribution in [0.2, 0.25) is 0 Å². The fourth-order valence-electron chi connectivity index (χ4n) is 2.06. The van der Waals surface area contributed by atoms with Crippen molar-refractivity contribution in [2.75, 3.05) is 20.8 Å². The number of hydrogen-bond donors (Lipinski definition) is 2. The first-order chi connectivity index (χ1) is 9.31. The number of ether oxygens (including phenoxy) is 1. The fourth-order valence-corrected chi connectivity index (χ4v) is 3.34. The van der Waals surface area contributed by atoms with Crippen LogP contribution in [0, 0.1) is 0 Å². The van der Waals surface area contributed by atoms with Crippen LogP contribution in [0.25, 0.3) is 0 Å². The third-order valence-corrected chi connectivity index (χ3v) is 4.46. The van der Waals surface area contributed by atoms with Gasteiger partial charge in [-0.2, -0.15) is 0 Å². The maximum atomic E-state index is 12.3. The average Bonchev–Trinajstić information content (AvgIpc) is 2.74. The van der Waals surface area contributed by atoms with Gasteiger partial charge in [-0.1, -0.05) is 0 Å². The van der Waals surface area contributed by atoms with E-state index in [9.17, 15) is 8.42 Å². The quantitative estimate of drug-likeness (QED) is 0.754. The lowest BCUT2D eigenvalue weighted by molar-refractivity contribution is 0.180. The summed E-state index contributed by atoms with van der Waals surface area (Å²) in [5.41, 5.74) is 0.947. The second-order valence-corrected chi connectivity index (χ2v) is 6.89. The van der Waals surface area contributed by atoms with Crippen molar-refractivity contribution in [2.24, 2.45) is 0 Å². The zero-order valence-electron chi connectivity index (χ0n) is 12.8. The lowest BCUT2D eigenvalue weighted by Gasteiger charge is -2.13. The van der Waals surface area contributed by atoms with Crippen LogP contribution in [-0.2, 0) is 21.3 Å². The van der Waals surface area contributed by atoms with Gasteiger partial charge in [0.25, 0.3) is 0 Å². The summed E-state index contributed by atoms with van der Waals surface area (Å²) in [5, 5.41) is 3.05. The van der Waals surface area contributed by atoms with E-state index in [1.165, 1.54) is 0 Å². The molecule has 1 heterocycles. The van der Waals surface area contributed by atoms with Crippen LogP contribution in [0.5, 0.6) is 0 Å². The highest BCUT2D eigenvalue weighted by molar-refractivity contribution is 7.89. The molecule has 0 aromatic carbocycles. The highest BCUT2D eigenvalue weighted by atomic mass is 32.2. The zero-order valence-corrected chi connectivity index (χ0v) is 13.6. The molecule has 0 fully saturated rings. The molecule has 0 radical (unpaired) electrons. The van der Waals surface area contributed by atoms with Crippen LogP contribution in [0.15, 0.2) is 17.2 Å². The van der Waals surface area contributed by atoms with Gasteiger partial charge in [0.1, 0.15) is 0 Å².